The molecule has 140 valence electrons. The molecule has 0 saturated heterocycles. The first-order chi connectivity index (χ1) is 13.1. The number of nitrogen functional groups attached to an aromatic ring is 1. The number of fused-ring (bicyclic) bond motifs is 1. The largest absolute Gasteiger partial charge is 0.495 e. The zero-order valence-corrected chi connectivity index (χ0v) is 15.0. The standard InChI is InChI=1S/C19H21N5O3/c1-27-15-7-6-11(8-14(15)23-19(25)26)13-9-24(12-4-2-3-5-12)18-16(13)17(20)21-10-22-18/h6-10,12,23H,2-5H2,1H3,(H,25,26)(H2,20,21,22). The molecule has 2 aromatic heterocycles. The Morgan fingerprint density at radius 1 is 1.33 bits per heavy atom. The third kappa shape index (κ3) is 3.03. The van der Waals surface area contributed by atoms with Crippen molar-refractivity contribution in [3.63, 3.8) is 0 Å². The maximum absolute atomic E-state index is 11.1. The van der Waals surface area contributed by atoms with E-state index in [4.69, 9.17) is 15.6 Å². The molecule has 27 heavy (non-hydrogen) atoms. The minimum Gasteiger partial charge on any atom is -0.495 e. The average Bonchev–Trinajstić information content (AvgIpc) is 3.29. The van der Waals surface area contributed by atoms with Crippen molar-refractivity contribution >= 4 is 28.6 Å². The van der Waals surface area contributed by atoms with Gasteiger partial charge in [-0.1, -0.05) is 18.9 Å². The fourth-order valence-corrected chi connectivity index (χ4v) is 3.88. The Morgan fingerprint density at radius 2 is 2.11 bits per heavy atom. The lowest BCUT2D eigenvalue weighted by Gasteiger charge is -2.12. The first-order valence-electron chi connectivity index (χ1n) is 8.88. The van der Waals surface area contributed by atoms with Crippen molar-refractivity contribution in [2.24, 2.45) is 0 Å². The number of hydrogen-bond acceptors (Lipinski definition) is 5. The molecule has 4 rings (SSSR count). The van der Waals surface area contributed by atoms with Gasteiger partial charge < -0.3 is 20.1 Å². The molecule has 1 aliphatic rings. The number of aromatic nitrogens is 3. The van der Waals surface area contributed by atoms with Crippen molar-refractivity contribution in [3.05, 3.63) is 30.7 Å². The van der Waals surface area contributed by atoms with E-state index in [1.807, 2.05) is 6.07 Å². The van der Waals surface area contributed by atoms with Gasteiger partial charge in [0.2, 0.25) is 0 Å². The molecule has 0 bridgehead atoms. The van der Waals surface area contributed by atoms with Crippen LogP contribution in [0.5, 0.6) is 5.75 Å². The summed E-state index contributed by atoms with van der Waals surface area (Å²) in [4.78, 5) is 19.8. The molecule has 8 heteroatoms. The summed E-state index contributed by atoms with van der Waals surface area (Å²) in [6.45, 7) is 0. The van der Waals surface area contributed by atoms with Gasteiger partial charge in [-0.3, -0.25) is 5.32 Å². The van der Waals surface area contributed by atoms with Gasteiger partial charge in [0.1, 0.15) is 23.5 Å². The monoisotopic (exact) mass is 367 g/mol. The SMILES string of the molecule is COc1ccc(-c2cn(C3CCCC3)c3ncnc(N)c23)cc1NC(=O)O. The van der Waals surface area contributed by atoms with E-state index >= 15 is 0 Å². The molecule has 8 nitrogen and oxygen atoms in total. The summed E-state index contributed by atoms with van der Waals surface area (Å²) < 4.78 is 7.44. The Bertz CT molecular complexity index is 1010. The second-order valence-electron chi connectivity index (χ2n) is 6.69. The average molecular weight is 367 g/mol. The molecule has 4 N–H and O–H groups in total. The minimum atomic E-state index is -1.15. The molecule has 0 spiro atoms. The number of benzene rings is 1. The van der Waals surface area contributed by atoms with Crippen LogP contribution in [-0.2, 0) is 0 Å². The molecule has 3 aromatic rings. The van der Waals surface area contributed by atoms with Crippen LogP contribution >= 0.6 is 0 Å². The Kier molecular flexibility index (Phi) is 4.31. The van der Waals surface area contributed by atoms with Crippen LogP contribution in [0.2, 0.25) is 0 Å². The quantitative estimate of drug-likeness (QED) is 0.644. The molecule has 0 aliphatic heterocycles. The molecule has 0 atom stereocenters. The number of carboxylic acid groups (broad SMARTS) is 1. The van der Waals surface area contributed by atoms with Crippen LogP contribution in [0.15, 0.2) is 30.7 Å². The van der Waals surface area contributed by atoms with Crippen LogP contribution in [0.1, 0.15) is 31.7 Å². The molecule has 0 radical (unpaired) electrons. The van der Waals surface area contributed by atoms with Crippen LogP contribution in [0.25, 0.3) is 22.2 Å². The third-order valence-corrected chi connectivity index (χ3v) is 5.11. The Morgan fingerprint density at radius 3 is 2.81 bits per heavy atom. The zero-order chi connectivity index (χ0) is 19.0. The van der Waals surface area contributed by atoms with Gasteiger partial charge in [-0.15, -0.1) is 0 Å². The smallest absolute Gasteiger partial charge is 0.409 e. The van der Waals surface area contributed by atoms with E-state index in [9.17, 15) is 4.79 Å². The molecular weight excluding hydrogens is 346 g/mol. The van der Waals surface area contributed by atoms with Crippen molar-refractivity contribution in [3.8, 4) is 16.9 Å². The highest BCUT2D eigenvalue weighted by Gasteiger charge is 2.23. The van der Waals surface area contributed by atoms with E-state index in [1.165, 1.54) is 26.3 Å². The molecule has 1 saturated carbocycles. The van der Waals surface area contributed by atoms with Gasteiger partial charge in [-0.2, -0.15) is 0 Å². The van der Waals surface area contributed by atoms with Crippen molar-refractivity contribution in [1.82, 2.24) is 14.5 Å². The fourth-order valence-electron chi connectivity index (χ4n) is 3.88. The predicted octanol–water partition coefficient (Wildman–Crippen LogP) is 3.89. The number of hydrogen-bond donors (Lipinski definition) is 3. The predicted molar refractivity (Wildman–Crippen MR) is 103 cm³/mol. The minimum absolute atomic E-state index is 0.375. The molecule has 1 aliphatic carbocycles. The van der Waals surface area contributed by atoms with Crippen LogP contribution in [-0.4, -0.2) is 32.8 Å². The van der Waals surface area contributed by atoms with Gasteiger partial charge in [0.25, 0.3) is 0 Å². The summed E-state index contributed by atoms with van der Waals surface area (Å²) in [6, 6.07) is 5.75. The van der Waals surface area contributed by atoms with E-state index < -0.39 is 6.09 Å². The second-order valence-corrected chi connectivity index (χ2v) is 6.69. The van der Waals surface area contributed by atoms with Gasteiger partial charge in [0.15, 0.2) is 0 Å². The summed E-state index contributed by atoms with van der Waals surface area (Å²) in [5.41, 5.74) is 9.07. The first-order valence-corrected chi connectivity index (χ1v) is 8.88. The van der Waals surface area contributed by atoms with Crippen molar-refractivity contribution in [1.29, 1.82) is 0 Å². The molecular formula is C19H21N5O3. The number of rotatable bonds is 4. The fraction of sp³-hybridized carbons (Fsp3) is 0.316. The van der Waals surface area contributed by atoms with Gasteiger partial charge in [-0.05, 0) is 30.5 Å². The van der Waals surface area contributed by atoms with E-state index in [2.05, 4.69) is 26.0 Å². The highest BCUT2D eigenvalue weighted by molar-refractivity contribution is 6.01. The zero-order valence-electron chi connectivity index (χ0n) is 15.0. The molecule has 0 unspecified atom stereocenters. The topological polar surface area (TPSA) is 115 Å². The van der Waals surface area contributed by atoms with Gasteiger partial charge in [0.05, 0.1) is 18.2 Å². The number of nitrogens with one attached hydrogen (secondary N) is 1. The van der Waals surface area contributed by atoms with E-state index in [-0.39, 0.29) is 0 Å². The second kappa shape index (κ2) is 6.79. The number of nitrogens with zero attached hydrogens (tertiary/aromatic N) is 3. The number of nitrogens with two attached hydrogens (primary N) is 1. The Hall–Kier alpha value is -3.29. The van der Waals surface area contributed by atoms with Crippen molar-refractivity contribution in [2.75, 3.05) is 18.2 Å². The van der Waals surface area contributed by atoms with Gasteiger partial charge in [0, 0.05) is 17.8 Å². The van der Waals surface area contributed by atoms with Gasteiger partial charge >= 0.3 is 6.09 Å². The first kappa shape index (κ1) is 17.1. The van der Waals surface area contributed by atoms with E-state index in [1.54, 1.807) is 12.1 Å². The van der Waals surface area contributed by atoms with Gasteiger partial charge in [-0.25, -0.2) is 14.8 Å². The maximum atomic E-state index is 11.1. The highest BCUT2D eigenvalue weighted by atomic mass is 16.5. The lowest BCUT2D eigenvalue weighted by molar-refractivity contribution is 0.209. The number of anilines is 2. The van der Waals surface area contributed by atoms with E-state index in [0.717, 1.165) is 35.0 Å². The molecule has 1 aromatic carbocycles. The van der Waals surface area contributed by atoms with Crippen LogP contribution in [0, 0.1) is 0 Å². The van der Waals surface area contributed by atoms with E-state index in [0.29, 0.717) is 23.3 Å². The summed E-state index contributed by atoms with van der Waals surface area (Å²) in [6.07, 6.45) is 7.02. The number of methoxy groups -OCH3 is 1. The highest BCUT2D eigenvalue weighted by Crippen LogP contribution is 2.40. The summed E-state index contributed by atoms with van der Waals surface area (Å²) in [5, 5.41) is 12.3. The molecule has 1 fully saturated rings. The van der Waals surface area contributed by atoms with Crippen LogP contribution < -0.4 is 15.8 Å². The number of carbonyl (C=O) groups is 1. The summed E-state index contributed by atoms with van der Waals surface area (Å²) >= 11 is 0. The van der Waals surface area contributed by atoms with Crippen molar-refractivity contribution < 1.29 is 14.6 Å². The summed E-state index contributed by atoms with van der Waals surface area (Å²) in [5.74, 6) is 0.861. The maximum Gasteiger partial charge on any atom is 0.409 e. The Labute approximate surface area is 156 Å². The lowest BCUT2D eigenvalue weighted by Crippen LogP contribution is -2.08. The number of amides is 1. The Balaban J connectivity index is 1.90. The molecule has 2 heterocycles. The summed E-state index contributed by atoms with van der Waals surface area (Å²) in [7, 11) is 1.50. The van der Waals surface area contributed by atoms with Crippen LogP contribution in [0.4, 0.5) is 16.3 Å². The third-order valence-electron chi connectivity index (χ3n) is 5.11. The molecule has 1 amide bonds. The lowest BCUT2D eigenvalue weighted by atomic mass is 10.0. The normalized spacial score (nSPS) is 14.6. The van der Waals surface area contributed by atoms with Crippen LogP contribution in [0.3, 0.4) is 0 Å². The number of ether oxygens (including phenoxy) is 1. The van der Waals surface area contributed by atoms with Crippen molar-refractivity contribution in [2.45, 2.75) is 31.7 Å².